The minimum Gasteiger partial charge on any atom is -0.478 e. The molecule has 2 rings (SSSR count). The van der Waals surface area contributed by atoms with Crippen molar-refractivity contribution >= 4 is 28.7 Å². The molecule has 0 aliphatic heterocycles. The highest BCUT2D eigenvalue weighted by Crippen LogP contribution is 2.14. The molecule has 2 N–H and O–H groups in total. The molecule has 2 aromatic rings. The molecule has 0 fully saturated rings. The van der Waals surface area contributed by atoms with E-state index in [1.54, 1.807) is 24.4 Å². The lowest BCUT2D eigenvalue weighted by atomic mass is 10.1. The maximum atomic E-state index is 10.8. The number of anilines is 1. The third-order valence-corrected chi connectivity index (χ3v) is 3.36. The SMILES string of the molecule is Cc1csc(NN=Cc2ccc(C(=O)O)cc2C)n1. The molecule has 1 heterocycles. The number of aromatic nitrogens is 1. The Kier molecular flexibility index (Phi) is 3.91. The molecule has 0 saturated carbocycles. The van der Waals surface area contributed by atoms with Gasteiger partial charge in [0, 0.05) is 5.38 Å². The molecule has 6 heteroatoms. The Balaban J connectivity index is 2.08. The van der Waals surface area contributed by atoms with Crippen LogP contribution >= 0.6 is 11.3 Å². The topological polar surface area (TPSA) is 74.6 Å². The molecule has 1 aromatic carbocycles. The molecule has 19 heavy (non-hydrogen) atoms. The largest absolute Gasteiger partial charge is 0.478 e. The van der Waals surface area contributed by atoms with Crippen molar-refractivity contribution in [2.75, 3.05) is 5.43 Å². The first-order valence-corrected chi connectivity index (χ1v) is 6.49. The third kappa shape index (κ3) is 3.38. The Hall–Kier alpha value is -2.21. The number of carboxylic acids is 1. The number of aryl methyl sites for hydroxylation is 2. The Morgan fingerprint density at radius 3 is 2.84 bits per heavy atom. The molecule has 0 spiro atoms. The zero-order valence-corrected chi connectivity index (χ0v) is 11.4. The van der Waals surface area contributed by atoms with E-state index in [1.807, 2.05) is 19.2 Å². The second-order valence-corrected chi connectivity index (χ2v) is 4.90. The summed E-state index contributed by atoms with van der Waals surface area (Å²) >= 11 is 1.48. The number of carboxylic acid groups (broad SMARTS) is 1. The summed E-state index contributed by atoms with van der Waals surface area (Å²) in [5, 5.41) is 15.6. The predicted molar refractivity (Wildman–Crippen MR) is 76.2 cm³/mol. The van der Waals surface area contributed by atoms with Crippen molar-refractivity contribution in [3.05, 3.63) is 46.0 Å². The van der Waals surface area contributed by atoms with Gasteiger partial charge in [-0.05, 0) is 37.1 Å². The summed E-state index contributed by atoms with van der Waals surface area (Å²) in [6.07, 6.45) is 1.65. The Bertz CT molecular complexity index is 635. The van der Waals surface area contributed by atoms with E-state index in [0.717, 1.165) is 22.0 Å². The fraction of sp³-hybridized carbons (Fsp3) is 0.154. The Labute approximate surface area is 114 Å². The first-order valence-electron chi connectivity index (χ1n) is 5.61. The van der Waals surface area contributed by atoms with Gasteiger partial charge in [-0.15, -0.1) is 11.3 Å². The van der Waals surface area contributed by atoms with E-state index in [2.05, 4.69) is 15.5 Å². The van der Waals surface area contributed by atoms with Crippen molar-refractivity contribution in [3.63, 3.8) is 0 Å². The van der Waals surface area contributed by atoms with E-state index in [4.69, 9.17) is 5.11 Å². The average molecular weight is 275 g/mol. The second kappa shape index (κ2) is 5.62. The van der Waals surface area contributed by atoms with E-state index in [0.29, 0.717) is 0 Å². The van der Waals surface area contributed by atoms with Crippen LogP contribution in [-0.2, 0) is 0 Å². The summed E-state index contributed by atoms with van der Waals surface area (Å²) in [7, 11) is 0. The maximum Gasteiger partial charge on any atom is 0.335 e. The van der Waals surface area contributed by atoms with Gasteiger partial charge in [-0.2, -0.15) is 5.10 Å². The van der Waals surface area contributed by atoms with E-state index >= 15 is 0 Å². The van der Waals surface area contributed by atoms with Crippen molar-refractivity contribution in [3.8, 4) is 0 Å². The van der Waals surface area contributed by atoms with Crippen LogP contribution < -0.4 is 5.43 Å². The van der Waals surface area contributed by atoms with Gasteiger partial charge in [0.1, 0.15) is 0 Å². The minimum absolute atomic E-state index is 0.276. The molecule has 98 valence electrons. The summed E-state index contributed by atoms with van der Waals surface area (Å²) in [4.78, 5) is 15.0. The fourth-order valence-electron chi connectivity index (χ4n) is 1.52. The van der Waals surface area contributed by atoms with Crippen LogP contribution in [0.15, 0.2) is 28.7 Å². The Morgan fingerprint density at radius 2 is 2.26 bits per heavy atom. The molecule has 0 atom stereocenters. The normalized spacial score (nSPS) is 10.8. The van der Waals surface area contributed by atoms with Crippen molar-refractivity contribution in [2.45, 2.75) is 13.8 Å². The van der Waals surface area contributed by atoms with Crippen LogP contribution in [-0.4, -0.2) is 22.3 Å². The third-order valence-electron chi connectivity index (χ3n) is 2.50. The molecule has 0 unspecified atom stereocenters. The quantitative estimate of drug-likeness (QED) is 0.664. The highest BCUT2D eigenvalue weighted by Gasteiger charge is 2.04. The van der Waals surface area contributed by atoms with Crippen LogP contribution in [0, 0.1) is 13.8 Å². The molecule has 1 aromatic heterocycles. The monoisotopic (exact) mass is 275 g/mol. The van der Waals surface area contributed by atoms with Crippen molar-refractivity contribution < 1.29 is 9.90 Å². The molecule has 0 saturated heterocycles. The zero-order chi connectivity index (χ0) is 13.8. The van der Waals surface area contributed by atoms with Gasteiger partial charge in [0.15, 0.2) is 0 Å². The number of hydrogen-bond acceptors (Lipinski definition) is 5. The van der Waals surface area contributed by atoms with Gasteiger partial charge >= 0.3 is 5.97 Å². The zero-order valence-electron chi connectivity index (χ0n) is 10.5. The van der Waals surface area contributed by atoms with Gasteiger partial charge in [0.25, 0.3) is 0 Å². The standard InChI is InChI=1S/C13H13N3O2S/c1-8-5-10(12(17)18)3-4-11(8)6-14-16-13-15-9(2)7-19-13/h3-7H,1-2H3,(H,15,16)(H,17,18). The predicted octanol–water partition coefficient (Wildman–Crippen LogP) is 2.90. The molecule has 0 aliphatic carbocycles. The molecule has 5 nitrogen and oxygen atoms in total. The van der Waals surface area contributed by atoms with Crippen LogP contribution in [0.1, 0.15) is 27.2 Å². The smallest absolute Gasteiger partial charge is 0.335 e. The van der Waals surface area contributed by atoms with E-state index in [1.165, 1.54) is 11.3 Å². The summed E-state index contributed by atoms with van der Waals surface area (Å²) in [5.74, 6) is -0.928. The number of nitrogens with one attached hydrogen (secondary N) is 1. The maximum absolute atomic E-state index is 10.8. The molecule has 0 radical (unpaired) electrons. The lowest BCUT2D eigenvalue weighted by Crippen LogP contribution is -1.99. The molecular weight excluding hydrogens is 262 g/mol. The fourth-order valence-corrected chi connectivity index (χ4v) is 2.15. The van der Waals surface area contributed by atoms with Crippen molar-refractivity contribution in [1.82, 2.24) is 4.98 Å². The highest BCUT2D eigenvalue weighted by molar-refractivity contribution is 7.13. The van der Waals surface area contributed by atoms with Gasteiger partial charge in [-0.1, -0.05) is 6.07 Å². The average Bonchev–Trinajstić information content (AvgIpc) is 2.77. The summed E-state index contributed by atoms with van der Waals surface area (Å²) < 4.78 is 0. The molecular formula is C13H13N3O2S. The number of hydrogen-bond donors (Lipinski definition) is 2. The van der Waals surface area contributed by atoms with E-state index in [-0.39, 0.29) is 5.56 Å². The number of aromatic carboxylic acids is 1. The van der Waals surface area contributed by atoms with Crippen LogP contribution in [0.5, 0.6) is 0 Å². The second-order valence-electron chi connectivity index (χ2n) is 4.04. The van der Waals surface area contributed by atoms with Crippen LogP contribution in [0.3, 0.4) is 0 Å². The van der Waals surface area contributed by atoms with Gasteiger partial charge in [-0.25, -0.2) is 9.78 Å². The minimum atomic E-state index is -0.928. The Morgan fingerprint density at radius 1 is 1.47 bits per heavy atom. The van der Waals surface area contributed by atoms with Gasteiger partial charge in [0.2, 0.25) is 5.13 Å². The number of hydrazone groups is 1. The highest BCUT2D eigenvalue weighted by atomic mass is 32.1. The summed E-state index contributed by atoms with van der Waals surface area (Å²) in [6.45, 7) is 3.77. The molecule has 0 bridgehead atoms. The first-order chi connectivity index (χ1) is 9.06. The number of nitrogens with zero attached hydrogens (tertiary/aromatic N) is 2. The molecule has 0 aliphatic rings. The van der Waals surface area contributed by atoms with Crippen LogP contribution in [0.2, 0.25) is 0 Å². The van der Waals surface area contributed by atoms with Crippen molar-refractivity contribution in [2.24, 2.45) is 5.10 Å². The van der Waals surface area contributed by atoms with E-state index in [9.17, 15) is 4.79 Å². The molecule has 0 amide bonds. The lowest BCUT2D eigenvalue weighted by Gasteiger charge is -2.01. The number of rotatable bonds is 4. The van der Waals surface area contributed by atoms with Crippen LogP contribution in [0.25, 0.3) is 0 Å². The summed E-state index contributed by atoms with van der Waals surface area (Å²) in [6, 6.07) is 4.92. The van der Waals surface area contributed by atoms with Gasteiger partial charge in [-0.3, -0.25) is 5.43 Å². The number of benzene rings is 1. The summed E-state index contributed by atoms with van der Waals surface area (Å²) in [5.41, 5.74) is 5.79. The van der Waals surface area contributed by atoms with Gasteiger partial charge < -0.3 is 5.11 Å². The van der Waals surface area contributed by atoms with Gasteiger partial charge in [0.05, 0.1) is 17.5 Å². The number of thiazole rings is 1. The first kappa shape index (κ1) is 13.2. The van der Waals surface area contributed by atoms with Crippen LogP contribution in [0.4, 0.5) is 5.13 Å². The lowest BCUT2D eigenvalue weighted by molar-refractivity contribution is 0.0697. The van der Waals surface area contributed by atoms with E-state index < -0.39 is 5.97 Å². The van der Waals surface area contributed by atoms with Crippen molar-refractivity contribution in [1.29, 1.82) is 0 Å². The number of carbonyl (C=O) groups is 1.